The molecule has 0 fully saturated rings. The van der Waals surface area contributed by atoms with Crippen LogP contribution in [-0.4, -0.2) is 172 Å². The van der Waals surface area contributed by atoms with Crippen LogP contribution < -0.4 is 14.8 Å². The highest BCUT2D eigenvalue weighted by Crippen LogP contribution is 2.23. The lowest BCUT2D eigenvalue weighted by Crippen LogP contribution is -2.27. The summed E-state index contributed by atoms with van der Waals surface area (Å²) >= 11 is 0. The lowest BCUT2D eigenvalue weighted by Gasteiger charge is -2.13. The minimum absolute atomic E-state index is 0.276. The monoisotopic (exact) mass is 707 g/mol. The summed E-state index contributed by atoms with van der Waals surface area (Å²) in [5.41, 5.74) is 0.395. The fourth-order valence-electron chi connectivity index (χ4n) is 3.70. The number of carbonyl (C=O) groups excluding carboxylic acids is 1. The van der Waals surface area contributed by atoms with Crippen molar-refractivity contribution >= 4 is 5.91 Å². The second kappa shape index (κ2) is 35.7. The fraction of sp³-hybridized carbons (Fsp3) is 0.794. The van der Waals surface area contributed by atoms with Gasteiger partial charge in [0, 0.05) is 39.0 Å². The zero-order valence-electron chi connectivity index (χ0n) is 29.9. The van der Waals surface area contributed by atoms with Gasteiger partial charge in [-0.25, -0.2) is 0 Å². The first-order chi connectivity index (χ1) is 24.2. The van der Waals surface area contributed by atoms with Crippen LogP contribution in [0, 0.1) is 0 Å². The first-order valence-electron chi connectivity index (χ1n) is 17.1. The van der Waals surface area contributed by atoms with Crippen LogP contribution in [0.4, 0.5) is 0 Å². The summed E-state index contributed by atoms with van der Waals surface area (Å²) in [6.07, 6.45) is 0.985. The van der Waals surface area contributed by atoms with E-state index in [4.69, 9.17) is 61.6 Å². The van der Waals surface area contributed by atoms with Crippen molar-refractivity contribution in [3.8, 4) is 11.5 Å². The third kappa shape index (κ3) is 29.3. The molecule has 0 bridgehead atoms. The quantitative estimate of drug-likeness (QED) is 0.1000. The number of rotatable bonds is 38. The van der Waals surface area contributed by atoms with Crippen molar-refractivity contribution in [2.24, 2.45) is 0 Å². The molecule has 0 spiro atoms. The average molecular weight is 708 g/mol. The SMILES string of the molecule is CCCOCCOCCOCCNC(=O)c1cc(OCCOCCOCCOCCOC)cc(OCCOCCOCCOCCOC)c1. The molecule has 0 aliphatic heterocycles. The van der Waals surface area contributed by atoms with Crippen LogP contribution in [0.15, 0.2) is 18.2 Å². The smallest absolute Gasteiger partial charge is 0.251 e. The van der Waals surface area contributed by atoms with Gasteiger partial charge in [-0.2, -0.15) is 0 Å². The highest BCUT2D eigenvalue weighted by molar-refractivity contribution is 5.95. The molecule has 49 heavy (non-hydrogen) atoms. The van der Waals surface area contributed by atoms with Crippen molar-refractivity contribution < 1.29 is 66.4 Å². The number of carbonyl (C=O) groups is 1. The normalized spacial score (nSPS) is 11.2. The lowest BCUT2D eigenvalue weighted by molar-refractivity contribution is -0.000105. The molecule has 1 rings (SSSR count). The molecule has 15 heteroatoms. The minimum Gasteiger partial charge on any atom is -0.491 e. The van der Waals surface area contributed by atoms with Gasteiger partial charge in [0.15, 0.2) is 0 Å². The predicted octanol–water partition coefficient (Wildman–Crippen LogP) is 2.03. The number of methoxy groups -OCH3 is 2. The lowest BCUT2D eigenvalue weighted by atomic mass is 10.2. The van der Waals surface area contributed by atoms with Gasteiger partial charge in [0.1, 0.15) is 24.7 Å². The van der Waals surface area contributed by atoms with E-state index in [1.165, 1.54) is 0 Å². The zero-order chi connectivity index (χ0) is 35.3. The molecule has 0 saturated carbocycles. The van der Waals surface area contributed by atoms with E-state index in [0.717, 1.165) is 13.0 Å². The van der Waals surface area contributed by atoms with E-state index in [2.05, 4.69) is 12.2 Å². The zero-order valence-corrected chi connectivity index (χ0v) is 29.9. The Morgan fingerprint density at radius 1 is 0.449 bits per heavy atom. The molecule has 1 N–H and O–H groups in total. The summed E-state index contributed by atoms with van der Waals surface area (Å²) in [6, 6.07) is 5.06. The average Bonchev–Trinajstić information content (AvgIpc) is 3.11. The van der Waals surface area contributed by atoms with Crippen LogP contribution >= 0.6 is 0 Å². The van der Waals surface area contributed by atoms with Crippen LogP contribution in [0.1, 0.15) is 23.7 Å². The van der Waals surface area contributed by atoms with Gasteiger partial charge in [-0.05, 0) is 18.6 Å². The second-order valence-electron chi connectivity index (χ2n) is 10.1. The number of hydrogen-bond donors (Lipinski definition) is 1. The Hall–Kier alpha value is -2.15. The number of nitrogens with one attached hydrogen (secondary N) is 1. The first-order valence-corrected chi connectivity index (χ1v) is 17.1. The van der Waals surface area contributed by atoms with E-state index in [1.54, 1.807) is 32.4 Å². The van der Waals surface area contributed by atoms with E-state index < -0.39 is 0 Å². The first kappa shape index (κ1) is 44.9. The Bertz CT molecular complexity index is 820. The van der Waals surface area contributed by atoms with Crippen LogP contribution in [0.25, 0.3) is 0 Å². The maximum Gasteiger partial charge on any atom is 0.251 e. The third-order valence-electron chi connectivity index (χ3n) is 6.11. The molecule has 0 radical (unpaired) electrons. The van der Waals surface area contributed by atoms with Gasteiger partial charge in [-0.1, -0.05) is 6.92 Å². The van der Waals surface area contributed by atoms with Crippen molar-refractivity contribution in [3.63, 3.8) is 0 Å². The molecule has 0 aromatic heterocycles. The van der Waals surface area contributed by atoms with Crippen molar-refractivity contribution in [1.29, 1.82) is 0 Å². The predicted molar refractivity (Wildman–Crippen MR) is 181 cm³/mol. The van der Waals surface area contributed by atoms with Crippen LogP contribution in [0.5, 0.6) is 11.5 Å². The van der Waals surface area contributed by atoms with Gasteiger partial charge >= 0.3 is 0 Å². The Kier molecular flexibility index (Phi) is 32.7. The summed E-state index contributed by atoms with van der Waals surface area (Å²) in [6.45, 7) is 12.7. The highest BCUT2D eigenvalue weighted by Gasteiger charge is 2.11. The standard InChI is InChI=1S/C34H61NO14/c1-4-6-39-12-14-43-15-13-40-7-5-35-34(36)31-28-32(48-26-24-46-22-20-44-18-16-41-10-8-37-2)30-33(29-31)49-27-25-47-23-21-45-19-17-42-11-9-38-3/h28-30H,4-27H2,1-3H3,(H,35,36). The van der Waals surface area contributed by atoms with Crippen molar-refractivity contribution in [2.45, 2.75) is 13.3 Å². The molecule has 0 unspecified atom stereocenters. The molecule has 0 saturated heterocycles. The van der Waals surface area contributed by atoms with Crippen LogP contribution in [0.3, 0.4) is 0 Å². The summed E-state index contributed by atoms with van der Waals surface area (Å²) in [5, 5.41) is 2.87. The Morgan fingerprint density at radius 2 is 0.776 bits per heavy atom. The molecule has 0 atom stereocenters. The molecule has 1 aromatic carbocycles. The maximum atomic E-state index is 12.9. The second-order valence-corrected chi connectivity index (χ2v) is 10.1. The van der Waals surface area contributed by atoms with Gasteiger partial charge < -0.3 is 66.9 Å². The molecule has 286 valence electrons. The summed E-state index contributed by atoms with van der Waals surface area (Å²) in [5.74, 6) is 0.686. The molecule has 15 nitrogen and oxygen atoms in total. The molecular weight excluding hydrogens is 646 g/mol. The summed E-state index contributed by atoms with van der Waals surface area (Å²) in [7, 11) is 3.26. The topological polar surface area (TPSA) is 149 Å². The van der Waals surface area contributed by atoms with E-state index in [0.29, 0.717) is 149 Å². The van der Waals surface area contributed by atoms with Gasteiger partial charge in [-0.3, -0.25) is 4.79 Å². The van der Waals surface area contributed by atoms with Crippen molar-refractivity contribution in [3.05, 3.63) is 23.8 Å². The summed E-state index contributed by atoms with van der Waals surface area (Å²) in [4.78, 5) is 12.9. The van der Waals surface area contributed by atoms with E-state index in [1.807, 2.05) is 0 Å². The van der Waals surface area contributed by atoms with Crippen molar-refractivity contribution in [1.82, 2.24) is 5.32 Å². The van der Waals surface area contributed by atoms with Gasteiger partial charge in [0.25, 0.3) is 5.91 Å². The Morgan fingerprint density at radius 3 is 1.14 bits per heavy atom. The molecule has 0 heterocycles. The van der Waals surface area contributed by atoms with E-state index in [9.17, 15) is 4.79 Å². The molecule has 1 aromatic rings. The molecular formula is C34H61NO14. The largest absolute Gasteiger partial charge is 0.491 e. The summed E-state index contributed by atoms with van der Waals surface area (Å²) < 4.78 is 70.8. The molecule has 1 amide bonds. The maximum absolute atomic E-state index is 12.9. The Balaban J connectivity index is 2.40. The van der Waals surface area contributed by atoms with Crippen LogP contribution in [-0.2, 0) is 52.1 Å². The van der Waals surface area contributed by atoms with Gasteiger partial charge in [0.2, 0.25) is 0 Å². The molecule has 0 aliphatic carbocycles. The Labute approximate surface area is 292 Å². The number of amides is 1. The minimum atomic E-state index is -0.276. The number of ether oxygens (including phenoxy) is 13. The van der Waals surface area contributed by atoms with Crippen LogP contribution in [0.2, 0.25) is 0 Å². The van der Waals surface area contributed by atoms with Gasteiger partial charge in [0.05, 0.1) is 126 Å². The highest BCUT2D eigenvalue weighted by atomic mass is 16.6. The number of hydrogen-bond acceptors (Lipinski definition) is 14. The van der Waals surface area contributed by atoms with E-state index in [-0.39, 0.29) is 19.1 Å². The fourth-order valence-corrected chi connectivity index (χ4v) is 3.70. The third-order valence-corrected chi connectivity index (χ3v) is 6.11. The number of benzene rings is 1. The molecule has 0 aliphatic rings. The van der Waals surface area contributed by atoms with Gasteiger partial charge in [-0.15, -0.1) is 0 Å². The van der Waals surface area contributed by atoms with Crippen molar-refractivity contribution in [2.75, 3.05) is 166 Å². The van der Waals surface area contributed by atoms with E-state index >= 15 is 0 Å².